The number of hydrogen-bond acceptors (Lipinski definition) is 5. The summed E-state index contributed by atoms with van der Waals surface area (Å²) in [6, 6.07) is 15.4. The van der Waals surface area contributed by atoms with Gasteiger partial charge >= 0.3 is 5.97 Å². The first-order valence-corrected chi connectivity index (χ1v) is 11.0. The number of ether oxygens (including phenoxy) is 1. The lowest BCUT2D eigenvalue weighted by Crippen LogP contribution is -2.41. The maximum atomic E-state index is 12.6. The number of nitrogens with zero attached hydrogens (tertiary/aromatic N) is 1. The molecular formula is C22H25ClN2O3S. The molecule has 154 valence electrons. The zero-order valence-electron chi connectivity index (χ0n) is 16.4. The Morgan fingerprint density at radius 1 is 1.14 bits per heavy atom. The second-order valence-electron chi connectivity index (χ2n) is 6.90. The SMILES string of the molecule is CCOC(=O)C1CCN(CC(=O)Nc2ccccc2Sc2ccc(Cl)cc2)CC1. The highest BCUT2D eigenvalue weighted by atomic mass is 35.5. The van der Waals surface area contributed by atoms with Gasteiger partial charge in [-0.25, -0.2) is 0 Å². The van der Waals surface area contributed by atoms with E-state index in [4.69, 9.17) is 16.3 Å². The fourth-order valence-electron chi connectivity index (χ4n) is 3.27. The van der Waals surface area contributed by atoms with E-state index in [9.17, 15) is 9.59 Å². The molecule has 0 spiro atoms. The molecule has 0 atom stereocenters. The van der Waals surface area contributed by atoms with Crippen molar-refractivity contribution in [2.24, 2.45) is 5.92 Å². The Hall–Kier alpha value is -2.02. The molecular weight excluding hydrogens is 408 g/mol. The summed E-state index contributed by atoms with van der Waals surface area (Å²) in [5, 5.41) is 3.72. The van der Waals surface area contributed by atoms with Gasteiger partial charge in [-0.05, 0) is 69.3 Å². The second kappa shape index (κ2) is 10.7. The molecule has 7 heteroatoms. The molecule has 1 saturated heterocycles. The predicted octanol–water partition coefficient (Wildman–Crippen LogP) is 4.70. The Morgan fingerprint density at radius 2 is 1.83 bits per heavy atom. The van der Waals surface area contributed by atoms with Crippen LogP contribution in [0.25, 0.3) is 0 Å². The van der Waals surface area contributed by atoms with Crippen LogP contribution in [0.4, 0.5) is 5.69 Å². The van der Waals surface area contributed by atoms with E-state index < -0.39 is 0 Å². The number of carbonyl (C=O) groups is 2. The van der Waals surface area contributed by atoms with Gasteiger partial charge in [0.2, 0.25) is 5.91 Å². The van der Waals surface area contributed by atoms with Gasteiger partial charge in [0.05, 0.1) is 24.8 Å². The van der Waals surface area contributed by atoms with Gasteiger partial charge in [-0.2, -0.15) is 0 Å². The number of halogens is 1. The maximum absolute atomic E-state index is 12.6. The van der Waals surface area contributed by atoms with Gasteiger partial charge in [0.15, 0.2) is 0 Å². The lowest BCUT2D eigenvalue weighted by molar-refractivity contribution is -0.149. The highest BCUT2D eigenvalue weighted by Crippen LogP contribution is 2.33. The number of rotatable bonds is 7. The maximum Gasteiger partial charge on any atom is 0.309 e. The summed E-state index contributed by atoms with van der Waals surface area (Å²) in [4.78, 5) is 28.5. The molecule has 0 aromatic heterocycles. The van der Waals surface area contributed by atoms with Crippen LogP contribution in [0.2, 0.25) is 5.02 Å². The number of anilines is 1. The van der Waals surface area contributed by atoms with Crippen LogP contribution < -0.4 is 5.32 Å². The van der Waals surface area contributed by atoms with Crippen molar-refractivity contribution in [2.75, 3.05) is 31.6 Å². The van der Waals surface area contributed by atoms with E-state index in [1.165, 1.54) is 0 Å². The Kier molecular flexibility index (Phi) is 7.98. The number of carbonyl (C=O) groups excluding carboxylic acids is 2. The minimum absolute atomic E-state index is 0.0502. The van der Waals surface area contributed by atoms with E-state index in [-0.39, 0.29) is 17.8 Å². The van der Waals surface area contributed by atoms with Crippen molar-refractivity contribution in [3.8, 4) is 0 Å². The Labute approximate surface area is 180 Å². The molecule has 2 aromatic rings. The molecule has 2 aromatic carbocycles. The number of piperidine rings is 1. The summed E-state index contributed by atoms with van der Waals surface area (Å²) < 4.78 is 5.10. The first-order chi connectivity index (χ1) is 14.0. The van der Waals surface area contributed by atoms with Crippen molar-refractivity contribution in [2.45, 2.75) is 29.6 Å². The van der Waals surface area contributed by atoms with E-state index in [1.54, 1.807) is 11.8 Å². The molecule has 5 nitrogen and oxygen atoms in total. The highest BCUT2D eigenvalue weighted by Gasteiger charge is 2.26. The van der Waals surface area contributed by atoms with E-state index in [2.05, 4.69) is 10.2 Å². The molecule has 1 fully saturated rings. The molecule has 0 unspecified atom stereocenters. The molecule has 1 amide bonds. The van der Waals surface area contributed by atoms with Crippen LogP contribution in [0.15, 0.2) is 58.3 Å². The smallest absolute Gasteiger partial charge is 0.309 e. The Bertz CT molecular complexity index is 836. The van der Waals surface area contributed by atoms with Crippen molar-refractivity contribution < 1.29 is 14.3 Å². The van der Waals surface area contributed by atoms with Gasteiger partial charge in [-0.1, -0.05) is 35.5 Å². The first-order valence-electron chi connectivity index (χ1n) is 9.76. The van der Waals surface area contributed by atoms with Crippen molar-refractivity contribution in [1.29, 1.82) is 0 Å². The summed E-state index contributed by atoms with van der Waals surface area (Å²) in [6.07, 6.45) is 1.46. The quantitative estimate of drug-likeness (QED) is 0.642. The van der Waals surface area contributed by atoms with Gasteiger partial charge in [-0.15, -0.1) is 0 Å². The van der Waals surface area contributed by atoms with E-state index in [0.29, 0.717) is 18.2 Å². The lowest BCUT2D eigenvalue weighted by atomic mass is 9.97. The van der Waals surface area contributed by atoms with E-state index >= 15 is 0 Å². The number of para-hydroxylation sites is 1. The first kappa shape index (κ1) is 21.7. The van der Waals surface area contributed by atoms with Gasteiger partial charge in [0.25, 0.3) is 0 Å². The van der Waals surface area contributed by atoms with Gasteiger partial charge in [-0.3, -0.25) is 14.5 Å². The fourth-order valence-corrected chi connectivity index (χ4v) is 4.30. The number of amides is 1. The molecule has 29 heavy (non-hydrogen) atoms. The molecule has 0 aliphatic carbocycles. The fraction of sp³-hybridized carbons (Fsp3) is 0.364. The van der Waals surface area contributed by atoms with Crippen molar-refractivity contribution in [3.05, 3.63) is 53.6 Å². The summed E-state index contributed by atoms with van der Waals surface area (Å²) in [6.45, 7) is 3.99. The third-order valence-corrected chi connectivity index (χ3v) is 6.11. The van der Waals surface area contributed by atoms with E-state index in [0.717, 1.165) is 41.4 Å². The van der Waals surface area contributed by atoms with Crippen LogP contribution in [0.3, 0.4) is 0 Å². The monoisotopic (exact) mass is 432 g/mol. The number of esters is 1. The van der Waals surface area contributed by atoms with Crippen LogP contribution in [0, 0.1) is 5.92 Å². The zero-order valence-corrected chi connectivity index (χ0v) is 18.0. The normalized spacial score (nSPS) is 15.1. The van der Waals surface area contributed by atoms with Crippen LogP contribution in [-0.4, -0.2) is 43.0 Å². The third kappa shape index (κ3) is 6.49. The minimum atomic E-state index is -0.121. The van der Waals surface area contributed by atoms with Crippen molar-refractivity contribution in [1.82, 2.24) is 4.90 Å². The minimum Gasteiger partial charge on any atom is -0.466 e. The number of benzene rings is 2. The molecule has 1 aliphatic rings. The molecule has 0 saturated carbocycles. The molecule has 1 heterocycles. The van der Waals surface area contributed by atoms with Gasteiger partial charge < -0.3 is 10.1 Å². The summed E-state index contributed by atoms with van der Waals surface area (Å²) >= 11 is 7.53. The van der Waals surface area contributed by atoms with E-state index in [1.807, 2.05) is 55.5 Å². The van der Waals surface area contributed by atoms with Crippen molar-refractivity contribution in [3.63, 3.8) is 0 Å². The lowest BCUT2D eigenvalue weighted by Gasteiger charge is -2.30. The number of likely N-dealkylation sites (tertiary alicyclic amines) is 1. The molecule has 1 aliphatic heterocycles. The Morgan fingerprint density at radius 3 is 2.52 bits per heavy atom. The summed E-state index contributed by atoms with van der Waals surface area (Å²) in [5.74, 6) is -0.223. The predicted molar refractivity (Wildman–Crippen MR) is 116 cm³/mol. The standard InChI is InChI=1S/C22H25ClN2O3S/c1-2-28-22(27)16-11-13-25(14-12-16)15-21(26)24-19-5-3-4-6-20(19)29-18-9-7-17(23)8-10-18/h3-10,16H,2,11-15H2,1H3,(H,24,26). The van der Waals surface area contributed by atoms with Gasteiger partial charge in [0, 0.05) is 14.8 Å². The molecule has 1 N–H and O–H groups in total. The topological polar surface area (TPSA) is 58.6 Å². The average molecular weight is 433 g/mol. The number of nitrogens with one attached hydrogen (secondary N) is 1. The van der Waals surface area contributed by atoms with Crippen LogP contribution >= 0.6 is 23.4 Å². The van der Waals surface area contributed by atoms with Gasteiger partial charge in [0.1, 0.15) is 0 Å². The van der Waals surface area contributed by atoms with Crippen LogP contribution in [0.1, 0.15) is 19.8 Å². The molecule has 3 rings (SSSR count). The van der Waals surface area contributed by atoms with Crippen LogP contribution in [0.5, 0.6) is 0 Å². The second-order valence-corrected chi connectivity index (χ2v) is 8.45. The summed E-state index contributed by atoms with van der Waals surface area (Å²) in [5.41, 5.74) is 0.791. The summed E-state index contributed by atoms with van der Waals surface area (Å²) in [7, 11) is 0. The largest absolute Gasteiger partial charge is 0.466 e. The third-order valence-electron chi connectivity index (χ3n) is 4.78. The van der Waals surface area contributed by atoms with Crippen molar-refractivity contribution >= 4 is 40.9 Å². The number of hydrogen-bond donors (Lipinski definition) is 1. The highest BCUT2D eigenvalue weighted by molar-refractivity contribution is 7.99. The van der Waals surface area contributed by atoms with Crippen LogP contribution in [-0.2, 0) is 14.3 Å². The molecule has 0 bridgehead atoms. The molecule has 0 radical (unpaired) electrons. The zero-order chi connectivity index (χ0) is 20.6. The Balaban J connectivity index is 1.53. The average Bonchev–Trinajstić information content (AvgIpc) is 2.72.